The van der Waals surface area contributed by atoms with Crippen molar-refractivity contribution in [3.8, 4) is 0 Å². The Kier molecular flexibility index (Phi) is 5.00. The molecule has 2 aliphatic carbocycles. The van der Waals surface area contributed by atoms with Gasteiger partial charge in [-0.25, -0.2) is 4.79 Å². The number of carbonyl (C=O) groups excluding carboxylic acids is 4. The van der Waals surface area contributed by atoms with Crippen molar-refractivity contribution in [1.29, 1.82) is 0 Å². The van der Waals surface area contributed by atoms with Crippen LogP contribution in [0.25, 0.3) is 0 Å². The third-order valence-electron chi connectivity index (χ3n) is 6.38. The van der Waals surface area contributed by atoms with E-state index in [2.05, 4.69) is 5.32 Å². The molecule has 2 saturated carbocycles. The van der Waals surface area contributed by atoms with Gasteiger partial charge < -0.3 is 10.1 Å². The minimum atomic E-state index is -1.11. The molecule has 3 aliphatic rings. The standard InChI is InChI=1S/C20H21N3O7/c1-10(22-18(25)16-11-5-6-12(7-11)17(16)19(22)26)20(27)30-9-15(24)21-13-3-2-4-14(8-13)23(28)29/h2-4,8,10-12,16-17H,5-7,9H2,1H3,(H,21,24)/t10-,11-,12+,16+,17+/m1/s1. The van der Waals surface area contributed by atoms with Gasteiger partial charge >= 0.3 is 5.97 Å². The van der Waals surface area contributed by atoms with E-state index in [1.165, 1.54) is 31.2 Å². The van der Waals surface area contributed by atoms with Crippen molar-refractivity contribution in [2.75, 3.05) is 11.9 Å². The number of esters is 1. The number of carbonyl (C=O) groups is 4. The van der Waals surface area contributed by atoms with E-state index in [4.69, 9.17) is 4.74 Å². The monoisotopic (exact) mass is 415 g/mol. The molecule has 5 atom stereocenters. The van der Waals surface area contributed by atoms with Crippen molar-refractivity contribution >= 4 is 35.1 Å². The Bertz CT molecular complexity index is 918. The Morgan fingerprint density at radius 2 is 1.87 bits per heavy atom. The number of rotatable bonds is 6. The SMILES string of the molecule is C[C@H](C(=O)OCC(=O)Nc1cccc([N+](=O)[O-])c1)N1C(=O)[C@H]2[C@@H]3CC[C@@H](C3)[C@@H]2C1=O. The molecule has 0 aromatic heterocycles. The summed E-state index contributed by atoms with van der Waals surface area (Å²) in [5.74, 6) is -2.41. The van der Waals surface area contributed by atoms with Gasteiger partial charge in [0.05, 0.1) is 16.8 Å². The van der Waals surface area contributed by atoms with E-state index in [9.17, 15) is 29.3 Å². The predicted molar refractivity (Wildman–Crippen MR) is 102 cm³/mol. The molecule has 10 heteroatoms. The number of non-ortho nitro benzene ring substituents is 1. The van der Waals surface area contributed by atoms with Crippen LogP contribution in [0.3, 0.4) is 0 Å². The van der Waals surface area contributed by atoms with Gasteiger partial charge in [0.25, 0.3) is 11.6 Å². The lowest BCUT2D eigenvalue weighted by atomic mass is 9.81. The van der Waals surface area contributed by atoms with Crippen LogP contribution in [0.1, 0.15) is 26.2 Å². The summed E-state index contributed by atoms with van der Waals surface area (Å²) in [7, 11) is 0. The molecule has 3 fully saturated rings. The summed E-state index contributed by atoms with van der Waals surface area (Å²) in [4.78, 5) is 61.1. The zero-order valence-corrected chi connectivity index (χ0v) is 16.3. The summed E-state index contributed by atoms with van der Waals surface area (Å²) >= 11 is 0. The molecule has 2 bridgehead atoms. The van der Waals surface area contributed by atoms with Crippen LogP contribution in [-0.2, 0) is 23.9 Å². The summed E-state index contributed by atoms with van der Waals surface area (Å²) < 4.78 is 4.99. The van der Waals surface area contributed by atoms with E-state index in [0.717, 1.165) is 24.2 Å². The van der Waals surface area contributed by atoms with Crippen molar-refractivity contribution in [2.24, 2.45) is 23.7 Å². The fraction of sp³-hybridized carbons (Fsp3) is 0.500. The van der Waals surface area contributed by atoms with Gasteiger partial charge in [0.1, 0.15) is 6.04 Å². The fourth-order valence-electron chi connectivity index (χ4n) is 5.07. The number of amides is 3. The van der Waals surface area contributed by atoms with Gasteiger partial charge in [-0.05, 0) is 44.1 Å². The first-order valence-electron chi connectivity index (χ1n) is 9.85. The van der Waals surface area contributed by atoms with Gasteiger partial charge in [-0.3, -0.25) is 29.4 Å². The maximum absolute atomic E-state index is 12.8. The molecule has 1 N–H and O–H groups in total. The van der Waals surface area contributed by atoms with E-state index in [1.807, 2.05) is 0 Å². The number of benzene rings is 1. The maximum atomic E-state index is 12.8. The predicted octanol–water partition coefficient (Wildman–Crippen LogP) is 1.50. The van der Waals surface area contributed by atoms with Gasteiger partial charge in [0.2, 0.25) is 11.8 Å². The van der Waals surface area contributed by atoms with Crippen LogP contribution in [-0.4, -0.2) is 46.2 Å². The Balaban J connectivity index is 1.33. The normalized spacial score (nSPS) is 27.7. The molecule has 0 radical (unpaired) electrons. The molecule has 0 unspecified atom stereocenters. The van der Waals surface area contributed by atoms with Crippen molar-refractivity contribution < 1.29 is 28.8 Å². The van der Waals surface area contributed by atoms with Gasteiger partial charge in [-0.2, -0.15) is 0 Å². The second kappa shape index (κ2) is 7.51. The highest BCUT2D eigenvalue weighted by Gasteiger charge is 2.62. The molecule has 4 rings (SSSR count). The molecule has 10 nitrogen and oxygen atoms in total. The molecule has 0 spiro atoms. The molecule has 1 heterocycles. The second-order valence-corrected chi connectivity index (χ2v) is 8.07. The van der Waals surface area contributed by atoms with Crippen LogP contribution in [0.15, 0.2) is 24.3 Å². The molecule has 30 heavy (non-hydrogen) atoms. The Morgan fingerprint density at radius 3 is 2.47 bits per heavy atom. The lowest BCUT2D eigenvalue weighted by Crippen LogP contribution is -2.45. The van der Waals surface area contributed by atoms with E-state index in [1.54, 1.807) is 0 Å². The summed E-state index contributed by atoms with van der Waals surface area (Å²) in [6.07, 6.45) is 2.78. The van der Waals surface area contributed by atoms with E-state index in [0.29, 0.717) is 0 Å². The highest BCUT2D eigenvalue weighted by atomic mass is 16.6. The Labute approximate surface area is 171 Å². The average molecular weight is 415 g/mol. The minimum Gasteiger partial charge on any atom is -0.454 e. The number of nitrogens with zero attached hydrogens (tertiary/aromatic N) is 2. The number of imide groups is 1. The first-order chi connectivity index (χ1) is 14.3. The number of fused-ring (bicyclic) bond motifs is 5. The maximum Gasteiger partial charge on any atom is 0.329 e. The average Bonchev–Trinajstić information content (AvgIpc) is 3.39. The smallest absolute Gasteiger partial charge is 0.329 e. The molecule has 158 valence electrons. The number of nitrogens with one attached hydrogen (secondary N) is 1. The Hall–Kier alpha value is -3.30. The van der Waals surface area contributed by atoms with Gasteiger partial charge in [-0.15, -0.1) is 0 Å². The summed E-state index contributed by atoms with van der Waals surface area (Å²) in [6.45, 7) is 0.778. The van der Waals surface area contributed by atoms with Crippen LogP contribution < -0.4 is 5.32 Å². The molecule has 1 aliphatic heterocycles. The minimum absolute atomic E-state index is 0.187. The zero-order valence-electron chi connectivity index (χ0n) is 16.3. The summed E-state index contributed by atoms with van der Waals surface area (Å²) in [5, 5.41) is 13.2. The van der Waals surface area contributed by atoms with E-state index < -0.39 is 29.4 Å². The van der Waals surface area contributed by atoms with Crippen molar-refractivity contribution in [1.82, 2.24) is 4.90 Å². The van der Waals surface area contributed by atoms with Gasteiger partial charge in [-0.1, -0.05) is 6.07 Å². The highest BCUT2D eigenvalue weighted by molar-refractivity contribution is 6.08. The number of likely N-dealkylation sites (tertiary alicyclic amines) is 1. The van der Waals surface area contributed by atoms with Gasteiger partial charge in [0.15, 0.2) is 6.61 Å². The van der Waals surface area contributed by atoms with Crippen molar-refractivity contribution in [3.63, 3.8) is 0 Å². The number of nitro benzene ring substituents is 1. The van der Waals surface area contributed by atoms with Crippen molar-refractivity contribution in [3.05, 3.63) is 34.4 Å². The Morgan fingerprint density at radius 1 is 1.23 bits per heavy atom. The quantitative estimate of drug-likeness (QED) is 0.322. The van der Waals surface area contributed by atoms with E-state index >= 15 is 0 Å². The molecule has 1 aromatic rings. The first-order valence-corrected chi connectivity index (χ1v) is 9.85. The van der Waals surface area contributed by atoms with Crippen LogP contribution >= 0.6 is 0 Å². The molecule has 1 saturated heterocycles. The molecular formula is C20H21N3O7. The number of hydrogen-bond acceptors (Lipinski definition) is 7. The van der Waals surface area contributed by atoms with Crippen LogP contribution in [0.4, 0.5) is 11.4 Å². The zero-order chi connectivity index (χ0) is 21.6. The number of nitro groups is 1. The molecular weight excluding hydrogens is 394 g/mol. The third kappa shape index (κ3) is 3.31. The second-order valence-electron chi connectivity index (χ2n) is 8.07. The lowest BCUT2D eigenvalue weighted by Gasteiger charge is -2.23. The molecule has 1 aromatic carbocycles. The van der Waals surface area contributed by atoms with E-state index in [-0.39, 0.29) is 46.9 Å². The summed E-state index contributed by atoms with van der Waals surface area (Å²) in [5.41, 5.74) is -0.00418. The van der Waals surface area contributed by atoms with Crippen LogP contribution in [0, 0.1) is 33.8 Å². The number of hydrogen-bond donors (Lipinski definition) is 1. The van der Waals surface area contributed by atoms with Crippen LogP contribution in [0.5, 0.6) is 0 Å². The van der Waals surface area contributed by atoms with Crippen molar-refractivity contribution in [2.45, 2.75) is 32.2 Å². The van der Waals surface area contributed by atoms with Gasteiger partial charge in [0, 0.05) is 17.8 Å². The topological polar surface area (TPSA) is 136 Å². The largest absolute Gasteiger partial charge is 0.454 e. The summed E-state index contributed by atoms with van der Waals surface area (Å²) in [6, 6.07) is 4.22. The third-order valence-corrected chi connectivity index (χ3v) is 6.38. The molecule has 3 amide bonds. The fourth-order valence-corrected chi connectivity index (χ4v) is 5.07. The number of ether oxygens (including phenoxy) is 1. The number of anilines is 1. The first kappa shape index (κ1) is 20.0. The van der Waals surface area contributed by atoms with Crippen LogP contribution in [0.2, 0.25) is 0 Å². The lowest BCUT2D eigenvalue weighted by molar-refractivity contribution is -0.384. The highest BCUT2D eigenvalue weighted by Crippen LogP contribution is 2.56.